The number of hydrogen-bond acceptors (Lipinski definition) is 5. The van der Waals surface area contributed by atoms with Crippen LogP contribution in [0.25, 0.3) is 11.0 Å². The molecule has 0 aliphatic rings. The van der Waals surface area contributed by atoms with Crippen molar-refractivity contribution in [2.75, 3.05) is 12.4 Å². The number of carbonyl (C=O) groups is 2. The van der Waals surface area contributed by atoms with Crippen LogP contribution in [0.15, 0.2) is 47.4 Å². The number of aryl methyl sites for hydroxylation is 1. The van der Waals surface area contributed by atoms with Gasteiger partial charge >= 0.3 is 12.1 Å². The van der Waals surface area contributed by atoms with Gasteiger partial charge in [-0.05, 0) is 37.3 Å². The summed E-state index contributed by atoms with van der Waals surface area (Å²) in [6, 6.07) is 7.25. The van der Waals surface area contributed by atoms with E-state index in [4.69, 9.17) is 0 Å². The van der Waals surface area contributed by atoms with Gasteiger partial charge in [0.15, 0.2) is 0 Å². The lowest BCUT2D eigenvalue weighted by atomic mass is 10.1. The summed E-state index contributed by atoms with van der Waals surface area (Å²) in [4.78, 5) is 41.2. The minimum atomic E-state index is -4.55. The Kier molecular flexibility index (Phi) is 5.59. The molecular weight excluding hydrogens is 403 g/mol. The lowest BCUT2D eigenvalue weighted by Gasteiger charge is -2.13. The summed E-state index contributed by atoms with van der Waals surface area (Å²) in [5.74, 6) is -1.55. The number of nitrogens with one attached hydrogen (secondary N) is 1. The number of fused-ring (bicyclic) bond motifs is 1. The van der Waals surface area contributed by atoms with E-state index >= 15 is 0 Å². The highest BCUT2D eigenvalue weighted by molar-refractivity contribution is 5.95. The van der Waals surface area contributed by atoms with Crippen molar-refractivity contribution in [3.63, 3.8) is 0 Å². The quantitative estimate of drug-likeness (QED) is 0.657. The molecule has 2 heterocycles. The average Bonchev–Trinajstić information content (AvgIpc) is 2.69. The molecule has 7 nitrogen and oxygen atoms in total. The zero-order valence-electron chi connectivity index (χ0n) is 15.9. The fourth-order valence-electron chi connectivity index (χ4n) is 2.86. The monoisotopic (exact) mass is 419 g/mol. The number of aromatic nitrogens is 2. The number of anilines is 1. The normalized spacial score (nSPS) is 11.4. The summed E-state index contributed by atoms with van der Waals surface area (Å²) in [7, 11) is 1.12. The van der Waals surface area contributed by atoms with E-state index in [1.54, 1.807) is 13.0 Å². The van der Waals surface area contributed by atoms with E-state index < -0.39 is 35.6 Å². The number of methoxy groups -OCH3 is 1. The van der Waals surface area contributed by atoms with Crippen molar-refractivity contribution in [1.82, 2.24) is 9.55 Å². The fraction of sp³-hybridized carbons (Fsp3) is 0.200. The number of alkyl halides is 3. The van der Waals surface area contributed by atoms with E-state index in [-0.39, 0.29) is 22.3 Å². The molecule has 0 saturated carbocycles. The molecule has 0 aliphatic carbocycles. The Labute approximate surface area is 168 Å². The Morgan fingerprint density at radius 1 is 1.20 bits per heavy atom. The zero-order chi connectivity index (χ0) is 22.1. The van der Waals surface area contributed by atoms with Gasteiger partial charge in [0.1, 0.15) is 17.8 Å². The second-order valence-corrected chi connectivity index (χ2v) is 6.44. The van der Waals surface area contributed by atoms with Crippen molar-refractivity contribution in [2.24, 2.45) is 0 Å². The van der Waals surface area contributed by atoms with Gasteiger partial charge in [-0.1, -0.05) is 6.07 Å². The van der Waals surface area contributed by atoms with Crippen LogP contribution in [-0.4, -0.2) is 28.5 Å². The minimum absolute atomic E-state index is 0.0440. The summed E-state index contributed by atoms with van der Waals surface area (Å²) in [5.41, 5.74) is -1.11. The third-order valence-corrected chi connectivity index (χ3v) is 4.25. The molecule has 0 atom stereocenters. The summed E-state index contributed by atoms with van der Waals surface area (Å²) in [6.45, 7) is 1.29. The molecule has 1 amide bonds. The number of nitrogens with zero attached hydrogens (tertiary/aromatic N) is 2. The van der Waals surface area contributed by atoms with Crippen LogP contribution in [0.2, 0.25) is 0 Å². The topological polar surface area (TPSA) is 90.3 Å². The molecule has 156 valence electrons. The van der Waals surface area contributed by atoms with Gasteiger partial charge in [-0.3, -0.25) is 9.59 Å². The van der Waals surface area contributed by atoms with Gasteiger partial charge in [-0.2, -0.15) is 13.2 Å². The highest BCUT2D eigenvalue weighted by Gasteiger charge is 2.30. The number of pyridine rings is 2. The average molecular weight is 419 g/mol. The highest BCUT2D eigenvalue weighted by atomic mass is 19.4. The maximum atomic E-state index is 12.9. The lowest BCUT2D eigenvalue weighted by Crippen LogP contribution is -2.25. The predicted octanol–water partition coefficient (Wildman–Crippen LogP) is 3.15. The van der Waals surface area contributed by atoms with Crippen molar-refractivity contribution in [3.8, 4) is 0 Å². The Hall–Kier alpha value is -3.69. The molecule has 3 aromatic rings. The van der Waals surface area contributed by atoms with Crippen LogP contribution in [0.3, 0.4) is 0 Å². The Morgan fingerprint density at radius 2 is 1.93 bits per heavy atom. The predicted molar refractivity (Wildman–Crippen MR) is 102 cm³/mol. The summed E-state index contributed by atoms with van der Waals surface area (Å²) >= 11 is 0. The summed E-state index contributed by atoms with van der Waals surface area (Å²) < 4.78 is 44.5. The van der Waals surface area contributed by atoms with Crippen LogP contribution in [0, 0.1) is 6.92 Å². The van der Waals surface area contributed by atoms with Crippen molar-refractivity contribution in [1.29, 1.82) is 0 Å². The first-order chi connectivity index (χ1) is 14.1. The number of carbonyl (C=O) groups excluding carboxylic acids is 2. The molecule has 0 saturated heterocycles. The summed E-state index contributed by atoms with van der Waals surface area (Å²) in [6.07, 6.45) is -3.40. The molecule has 0 aliphatic heterocycles. The number of rotatable bonds is 4. The Morgan fingerprint density at radius 3 is 2.60 bits per heavy atom. The second kappa shape index (κ2) is 7.97. The molecule has 0 bridgehead atoms. The van der Waals surface area contributed by atoms with Crippen molar-refractivity contribution < 1.29 is 27.5 Å². The molecule has 0 unspecified atom stereocenters. The maximum absolute atomic E-state index is 12.9. The van der Waals surface area contributed by atoms with Crippen molar-refractivity contribution in [2.45, 2.75) is 19.6 Å². The number of ether oxygens (including phenoxy) is 1. The van der Waals surface area contributed by atoms with Crippen LogP contribution >= 0.6 is 0 Å². The molecule has 0 spiro atoms. The SMILES string of the molecule is COC(=O)c1cn(CC(=O)Nc2cccc(C(F)(F)F)c2)c2nc(C)ccc2c1=O. The third kappa shape index (κ3) is 4.32. The van der Waals surface area contributed by atoms with Gasteiger partial charge < -0.3 is 14.6 Å². The number of esters is 1. The van der Waals surface area contributed by atoms with E-state index in [9.17, 15) is 27.6 Å². The smallest absolute Gasteiger partial charge is 0.416 e. The van der Waals surface area contributed by atoms with Crippen molar-refractivity contribution in [3.05, 3.63) is 69.6 Å². The molecule has 30 heavy (non-hydrogen) atoms. The number of halogens is 3. The standard InChI is InChI=1S/C20H16F3N3O4/c1-11-6-7-14-17(28)15(19(29)30-2)9-26(18(14)24-11)10-16(27)25-13-5-3-4-12(8-13)20(21,22)23/h3-9H,10H2,1-2H3,(H,25,27). The lowest BCUT2D eigenvalue weighted by molar-refractivity contribution is -0.137. The van der Waals surface area contributed by atoms with Gasteiger partial charge in [0.05, 0.1) is 18.1 Å². The van der Waals surface area contributed by atoms with Gasteiger partial charge in [0.2, 0.25) is 11.3 Å². The molecule has 1 aromatic carbocycles. The minimum Gasteiger partial charge on any atom is -0.465 e. The van der Waals surface area contributed by atoms with Crippen LogP contribution in [0.4, 0.5) is 18.9 Å². The molecule has 10 heteroatoms. The Balaban J connectivity index is 1.98. The first-order valence-electron chi connectivity index (χ1n) is 8.66. The second-order valence-electron chi connectivity index (χ2n) is 6.44. The number of amides is 1. The van der Waals surface area contributed by atoms with E-state index in [0.717, 1.165) is 25.4 Å². The van der Waals surface area contributed by atoms with Crippen LogP contribution in [0.5, 0.6) is 0 Å². The molecular formula is C20H16F3N3O4. The van der Waals surface area contributed by atoms with Gasteiger partial charge in [0.25, 0.3) is 0 Å². The van der Waals surface area contributed by atoms with Gasteiger partial charge in [-0.25, -0.2) is 9.78 Å². The molecule has 2 aromatic heterocycles. The van der Waals surface area contributed by atoms with Gasteiger partial charge in [0, 0.05) is 17.6 Å². The third-order valence-electron chi connectivity index (χ3n) is 4.25. The van der Waals surface area contributed by atoms with E-state index in [2.05, 4.69) is 15.0 Å². The first-order valence-corrected chi connectivity index (χ1v) is 8.66. The fourth-order valence-corrected chi connectivity index (χ4v) is 2.86. The molecule has 0 radical (unpaired) electrons. The van der Waals surface area contributed by atoms with Crippen LogP contribution in [-0.2, 0) is 22.3 Å². The van der Waals surface area contributed by atoms with Crippen molar-refractivity contribution >= 4 is 28.6 Å². The molecule has 3 rings (SSSR count). The molecule has 0 fully saturated rings. The largest absolute Gasteiger partial charge is 0.465 e. The Bertz CT molecular complexity index is 1200. The van der Waals surface area contributed by atoms with E-state index in [0.29, 0.717) is 5.69 Å². The number of hydrogen-bond donors (Lipinski definition) is 1. The summed E-state index contributed by atoms with van der Waals surface area (Å²) in [5, 5.41) is 2.48. The first kappa shape index (κ1) is 21.0. The number of benzene rings is 1. The zero-order valence-corrected chi connectivity index (χ0v) is 15.9. The van der Waals surface area contributed by atoms with Crippen LogP contribution < -0.4 is 10.7 Å². The highest BCUT2D eigenvalue weighted by Crippen LogP contribution is 2.30. The molecule has 1 N–H and O–H groups in total. The van der Waals surface area contributed by atoms with E-state index in [1.807, 2.05) is 0 Å². The maximum Gasteiger partial charge on any atom is 0.416 e. The van der Waals surface area contributed by atoms with E-state index in [1.165, 1.54) is 22.8 Å². The van der Waals surface area contributed by atoms with Gasteiger partial charge in [-0.15, -0.1) is 0 Å². The van der Waals surface area contributed by atoms with Crippen LogP contribution in [0.1, 0.15) is 21.6 Å².